The lowest BCUT2D eigenvalue weighted by molar-refractivity contribution is 0.283. The highest BCUT2D eigenvalue weighted by molar-refractivity contribution is 7.71. The lowest BCUT2D eigenvalue weighted by Crippen LogP contribution is -2.29. The molecular formula is C13H16ClN3S. The van der Waals surface area contributed by atoms with Crippen molar-refractivity contribution in [2.24, 2.45) is 0 Å². The lowest BCUT2D eigenvalue weighted by Gasteiger charge is -2.20. The maximum Gasteiger partial charge on any atom is 0.178 e. The number of likely N-dealkylation sites (N-methyl/N-ethyl adjacent to an activating group) is 1. The van der Waals surface area contributed by atoms with Crippen molar-refractivity contribution in [1.82, 2.24) is 14.5 Å². The molecule has 18 heavy (non-hydrogen) atoms. The number of fused-ring (bicyclic) bond motifs is 1. The Balaban J connectivity index is 2.02. The van der Waals surface area contributed by atoms with Crippen molar-refractivity contribution in [3.63, 3.8) is 0 Å². The van der Waals surface area contributed by atoms with Crippen molar-refractivity contribution < 1.29 is 0 Å². The highest BCUT2D eigenvalue weighted by Crippen LogP contribution is 2.22. The molecule has 1 saturated heterocycles. The van der Waals surface area contributed by atoms with Gasteiger partial charge in [0.2, 0.25) is 0 Å². The molecule has 1 unspecified atom stereocenters. The molecule has 96 valence electrons. The van der Waals surface area contributed by atoms with E-state index >= 15 is 0 Å². The molecule has 1 aromatic heterocycles. The molecule has 0 radical (unpaired) electrons. The normalized spacial score (nSPS) is 20.9. The molecule has 1 aliphatic heterocycles. The molecule has 3 rings (SSSR count). The Morgan fingerprint density at radius 1 is 1.50 bits per heavy atom. The number of nitrogens with one attached hydrogen (secondary N) is 1. The zero-order valence-electron chi connectivity index (χ0n) is 10.3. The molecule has 1 N–H and O–H groups in total. The van der Waals surface area contributed by atoms with Crippen LogP contribution >= 0.6 is 23.8 Å². The lowest BCUT2D eigenvalue weighted by atomic mass is 10.2. The molecule has 0 spiro atoms. The third kappa shape index (κ3) is 2.09. The molecule has 1 fully saturated rings. The number of nitrogens with zero attached hydrogens (tertiary/aromatic N) is 2. The van der Waals surface area contributed by atoms with E-state index in [-0.39, 0.29) is 0 Å². The predicted octanol–water partition coefficient (Wildman–Crippen LogP) is 3.45. The van der Waals surface area contributed by atoms with E-state index in [2.05, 4.69) is 21.5 Å². The van der Waals surface area contributed by atoms with E-state index in [1.54, 1.807) is 0 Å². The third-order valence-corrected chi connectivity index (χ3v) is 4.36. The minimum atomic E-state index is 0.578. The van der Waals surface area contributed by atoms with Crippen LogP contribution in [0.1, 0.15) is 12.8 Å². The van der Waals surface area contributed by atoms with E-state index in [1.165, 1.54) is 19.4 Å². The second-order valence-corrected chi connectivity index (χ2v) is 5.80. The number of H-pyrrole nitrogens is 1. The standard InChI is InChI=1S/C13H16ClN3S/c1-16-6-2-3-10(16)8-17-12-7-9(14)4-5-11(12)15-13(17)18/h4-5,7,10H,2-3,6,8H2,1H3,(H,15,18). The monoisotopic (exact) mass is 281 g/mol. The Morgan fingerprint density at radius 2 is 2.33 bits per heavy atom. The number of imidazole rings is 1. The van der Waals surface area contributed by atoms with Crippen LogP contribution in [0.15, 0.2) is 18.2 Å². The van der Waals surface area contributed by atoms with Gasteiger partial charge in [-0.1, -0.05) is 11.6 Å². The smallest absolute Gasteiger partial charge is 0.178 e. The number of halogens is 1. The first-order valence-corrected chi connectivity index (χ1v) is 7.02. The molecule has 5 heteroatoms. The van der Waals surface area contributed by atoms with Gasteiger partial charge in [-0.2, -0.15) is 0 Å². The van der Waals surface area contributed by atoms with Crippen LogP contribution in [-0.2, 0) is 6.54 Å². The number of likely N-dealkylation sites (tertiary alicyclic amines) is 1. The summed E-state index contributed by atoms with van der Waals surface area (Å²) in [5.74, 6) is 0. The number of benzene rings is 1. The van der Waals surface area contributed by atoms with E-state index in [0.717, 1.165) is 27.4 Å². The zero-order valence-corrected chi connectivity index (χ0v) is 11.9. The maximum atomic E-state index is 6.07. The van der Waals surface area contributed by atoms with Gasteiger partial charge >= 0.3 is 0 Å². The SMILES string of the molecule is CN1CCCC1Cn1c(=S)[nH]c2ccc(Cl)cc21. The topological polar surface area (TPSA) is 24.0 Å². The second-order valence-electron chi connectivity index (χ2n) is 4.98. The average Bonchev–Trinajstić information content (AvgIpc) is 2.86. The van der Waals surface area contributed by atoms with Crippen LogP contribution in [0, 0.1) is 4.77 Å². The third-order valence-electron chi connectivity index (χ3n) is 3.80. The molecule has 0 aliphatic carbocycles. The van der Waals surface area contributed by atoms with Gasteiger partial charge in [0.15, 0.2) is 4.77 Å². The van der Waals surface area contributed by atoms with E-state index in [1.807, 2.05) is 18.2 Å². The predicted molar refractivity (Wildman–Crippen MR) is 77.8 cm³/mol. The second kappa shape index (κ2) is 4.68. The van der Waals surface area contributed by atoms with Gasteiger partial charge in [-0.05, 0) is 56.9 Å². The van der Waals surface area contributed by atoms with Gasteiger partial charge < -0.3 is 14.5 Å². The van der Waals surface area contributed by atoms with Crippen molar-refractivity contribution in [3.05, 3.63) is 28.0 Å². The van der Waals surface area contributed by atoms with Crippen LogP contribution in [0.25, 0.3) is 11.0 Å². The van der Waals surface area contributed by atoms with Crippen LogP contribution in [-0.4, -0.2) is 34.1 Å². The Morgan fingerprint density at radius 3 is 3.06 bits per heavy atom. The van der Waals surface area contributed by atoms with Crippen molar-refractivity contribution >= 4 is 34.9 Å². The van der Waals surface area contributed by atoms with Crippen molar-refractivity contribution in [2.45, 2.75) is 25.4 Å². The fourth-order valence-corrected chi connectivity index (χ4v) is 3.18. The summed E-state index contributed by atoms with van der Waals surface area (Å²) in [6.45, 7) is 2.12. The Bertz CT molecular complexity index is 631. The first kappa shape index (κ1) is 12.2. The molecule has 0 saturated carbocycles. The number of rotatable bonds is 2. The molecule has 0 amide bonds. The minimum Gasteiger partial charge on any atom is -0.331 e. The van der Waals surface area contributed by atoms with Crippen LogP contribution in [0.4, 0.5) is 0 Å². The van der Waals surface area contributed by atoms with Gasteiger partial charge in [0.05, 0.1) is 11.0 Å². The molecular weight excluding hydrogens is 266 g/mol. The van der Waals surface area contributed by atoms with Gasteiger partial charge in [-0.25, -0.2) is 0 Å². The molecule has 1 atom stereocenters. The average molecular weight is 282 g/mol. The summed E-state index contributed by atoms with van der Waals surface area (Å²) in [6, 6.07) is 6.44. The Kier molecular flexibility index (Phi) is 3.18. The van der Waals surface area contributed by atoms with Crippen molar-refractivity contribution in [1.29, 1.82) is 0 Å². The number of aromatic nitrogens is 2. The number of hydrogen-bond donors (Lipinski definition) is 1. The van der Waals surface area contributed by atoms with Gasteiger partial charge in [-0.15, -0.1) is 0 Å². The van der Waals surface area contributed by atoms with E-state index in [9.17, 15) is 0 Å². The molecule has 0 bridgehead atoms. The van der Waals surface area contributed by atoms with E-state index in [0.29, 0.717) is 6.04 Å². The molecule has 1 aliphatic rings. The summed E-state index contributed by atoms with van der Waals surface area (Å²) < 4.78 is 2.95. The summed E-state index contributed by atoms with van der Waals surface area (Å²) in [7, 11) is 2.18. The molecule has 1 aromatic carbocycles. The van der Waals surface area contributed by atoms with Crippen molar-refractivity contribution in [2.75, 3.05) is 13.6 Å². The zero-order chi connectivity index (χ0) is 12.7. The van der Waals surface area contributed by atoms with Crippen LogP contribution in [0.3, 0.4) is 0 Å². The maximum absolute atomic E-state index is 6.07. The highest BCUT2D eigenvalue weighted by Gasteiger charge is 2.22. The fraction of sp³-hybridized carbons (Fsp3) is 0.462. The van der Waals surface area contributed by atoms with E-state index < -0.39 is 0 Å². The van der Waals surface area contributed by atoms with Crippen LogP contribution < -0.4 is 0 Å². The summed E-state index contributed by atoms with van der Waals surface area (Å²) >= 11 is 11.5. The number of hydrogen-bond acceptors (Lipinski definition) is 2. The van der Waals surface area contributed by atoms with Crippen molar-refractivity contribution in [3.8, 4) is 0 Å². The van der Waals surface area contributed by atoms with Gasteiger partial charge in [0.25, 0.3) is 0 Å². The largest absolute Gasteiger partial charge is 0.331 e. The van der Waals surface area contributed by atoms with Gasteiger partial charge in [0, 0.05) is 17.6 Å². The van der Waals surface area contributed by atoms with Gasteiger partial charge in [-0.3, -0.25) is 0 Å². The summed E-state index contributed by atoms with van der Waals surface area (Å²) in [6.07, 6.45) is 2.52. The quantitative estimate of drug-likeness (QED) is 0.853. The first-order valence-electron chi connectivity index (χ1n) is 6.23. The molecule has 3 nitrogen and oxygen atoms in total. The first-order chi connectivity index (χ1) is 8.65. The van der Waals surface area contributed by atoms with Gasteiger partial charge in [0.1, 0.15) is 0 Å². The van der Waals surface area contributed by atoms with Crippen LogP contribution in [0.5, 0.6) is 0 Å². The number of aromatic amines is 1. The summed E-state index contributed by atoms with van der Waals surface area (Å²) in [4.78, 5) is 5.65. The minimum absolute atomic E-state index is 0.578. The van der Waals surface area contributed by atoms with E-state index in [4.69, 9.17) is 23.8 Å². The summed E-state index contributed by atoms with van der Waals surface area (Å²) in [5, 5.41) is 0.755. The summed E-state index contributed by atoms with van der Waals surface area (Å²) in [5.41, 5.74) is 2.16. The Labute approximate surface area is 116 Å². The highest BCUT2D eigenvalue weighted by atomic mass is 35.5. The molecule has 2 heterocycles. The fourth-order valence-electron chi connectivity index (χ4n) is 2.73. The molecule has 2 aromatic rings. The Hall–Kier alpha value is -0.840. The van der Waals surface area contributed by atoms with Crippen LogP contribution in [0.2, 0.25) is 5.02 Å².